The minimum absolute atomic E-state index is 0.0191. The summed E-state index contributed by atoms with van der Waals surface area (Å²) in [7, 11) is 0. The lowest BCUT2D eigenvalue weighted by atomic mass is 9.69. The van der Waals surface area contributed by atoms with Crippen LogP contribution in [0.1, 0.15) is 134 Å². The van der Waals surface area contributed by atoms with E-state index in [4.69, 9.17) is 4.74 Å². The molecule has 0 amide bonds. The van der Waals surface area contributed by atoms with Gasteiger partial charge in [-0.15, -0.1) is 0 Å². The molecule has 35 heavy (non-hydrogen) atoms. The van der Waals surface area contributed by atoms with Crippen LogP contribution >= 0.6 is 0 Å². The number of rotatable bonds is 13. The van der Waals surface area contributed by atoms with E-state index < -0.39 is 22.9 Å². The van der Waals surface area contributed by atoms with E-state index in [1.54, 1.807) is 0 Å². The zero-order valence-electron chi connectivity index (χ0n) is 21.7. The molecular weight excluding hydrogens is 449 g/mol. The van der Waals surface area contributed by atoms with Crippen molar-refractivity contribution in [1.82, 2.24) is 0 Å². The minimum atomic E-state index is -1.49. The van der Waals surface area contributed by atoms with Crippen LogP contribution < -0.4 is 0 Å². The van der Waals surface area contributed by atoms with Gasteiger partial charge in [-0.25, -0.2) is 13.2 Å². The summed E-state index contributed by atoms with van der Waals surface area (Å²) in [5.74, 6) is -4.35. The van der Waals surface area contributed by atoms with Gasteiger partial charge in [0.15, 0.2) is 17.5 Å². The number of unbranched alkanes of at least 4 members (excludes halogenated alkanes) is 7. The van der Waals surface area contributed by atoms with Crippen molar-refractivity contribution >= 4 is 5.97 Å². The number of halogens is 3. The van der Waals surface area contributed by atoms with Gasteiger partial charge in [0, 0.05) is 5.41 Å². The van der Waals surface area contributed by atoms with Gasteiger partial charge in [-0.05, 0) is 49.8 Å². The van der Waals surface area contributed by atoms with Crippen LogP contribution in [0.3, 0.4) is 0 Å². The summed E-state index contributed by atoms with van der Waals surface area (Å²) in [5, 5.41) is 0. The summed E-state index contributed by atoms with van der Waals surface area (Å²) >= 11 is 0. The SMILES string of the molecule is CCCCCCCCCCC1(COC(=O)C2(c3cc(F)c(F)c(F)c3)CCCCC2)CCCCC1. The highest BCUT2D eigenvalue weighted by Crippen LogP contribution is 2.44. The van der Waals surface area contributed by atoms with Crippen LogP contribution in [0.15, 0.2) is 12.1 Å². The van der Waals surface area contributed by atoms with Gasteiger partial charge < -0.3 is 4.74 Å². The van der Waals surface area contributed by atoms with Gasteiger partial charge in [-0.3, -0.25) is 4.79 Å². The molecule has 0 unspecified atom stereocenters. The van der Waals surface area contributed by atoms with E-state index >= 15 is 0 Å². The number of hydrogen-bond donors (Lipinski definition) is 0. The van der Waals surface area contributed by atoms with Crippen LogP contribution in [0.2, 0.25) is 0 Å². The summed E-state index contributed by atoms with van der Waals surface area (Å²) in [6.45, 7) is 2.62. The summed E-state index contributed by atoms with van der Waals surface area (Å²) in [6.07, 6.45) is 20.5. The number of esters is 1. The molecule has 0 N–H and O–H groups in total. The molecule has 0 atom stereocenters. The molecule has 0 heterocycles. The zero-order chi connectivity index (χ0) is 25.2. The van der Waals surface area contributed by atoms with Crippen molar-refractivity contribution in [3.8, 4) is 0 Å². The molecule has 2 aliphatic carbocycles. The van der Waals surface area contributed by atoms with E-state index in [1.165, 1.54) is 51.4 Å². The van der Waals surface area contributed by atoms with Gasteiger partial charge in [0.25, 0.3) is 0 Å². The van der Waals surface area contributed by atoms with Crippen molar-refractivity contribution in [2.45, 2.75) is 134 Å². The zero-order valence-corrected chi connectivity index (χ0v) is 21.7. The maximum absolute atomic E-state index is 14.1. The van der Waals surface area contributed by atoms with Crippen molar-refractivity contribution in [2.75, 3.05) is 6.61 Å². The molecule has 5 heteroatoms. The summed E-state index contributed by atoms with van der Waals surface area (Å²) in [5.41, 5.74) is -0.841. The normalized spacial score (nSPS) is 19.4. The Balaban J connectivity index is 1.62. The third-order valence-corrected chi connectivity index (χ3v) is 8.62. The molecule has 2 saturated carbocycles. The van der Waals surface area contributed by atoms with Gasteiger partial charge in [-0.2, -0.15) is 0 Å². The fourth-order valence-corrected chi connectivity index (χ4v) is 6.36. The lowest BCUT2D eigenvalue weighted by molar-refractivity contribution is -0.157. The third-order valence-electron chi connectivity index (χ3n) is 8.62. The highest BCUT2D eigenvalue weighted by molar-refractivity contribution is 5.83. The molecule has 1 aromatic rings. The second-order valence-corrected chi connectivity index (χ2v) is 11.3. The fourth-order valence-electron chi connectivity index (χ4n) is 6.36. The van der Waals surface area contributed by atoms with E-state index in [1.807, 2.05) is 0 Å². The maximum atomic E-state index is 14.1. The van der Waals surface area contributed by atoms with Crippen molar-refractivity contribution in [3.63, 3.8) is 0 Å². The van der Waals surface area contributed by atoms with Crippen LogP contribution in [-0.4, -0.2) is 12.6 Å². The molecular formula is C30H45F3O2. The molecule has 2 nitrogen and oxygen atoms in total. The number of hydrogen-bond acceptors (Lipinski definition) is 2. The van der Waals surface area contributed by atoms with Crippen molar-refractivity contribution < 1.29 is 22.7 Å². The van der Waals surface area contributed by atoms with Gasteiger partial charge >= 0.3 is 5.97 Å². The van der Waals surface area contributed by atoms with Crippen molar-refractivity contribution in [3.05, 3.63) is 35.1 Å². The predicted octanol–water partition coefficient (Wildman–Crippen LogP) is 9.33. The molecule has 2 aliphatic rings. The maximum Gasteiger partial charge on any atom is 0.316 e. The molecule has 0 bridgehead atoms. The first-order chi connectivity index (χ1) is 16.9. The van der Waals surface area contributed by atoms with E-state index in [0.717, 1.165) is 69.9 Å². The monoisotopic (exact) mass is 494 g/mol. The van der Waals surface area contributed by atoms with Crippen LogP contribution in [0, 0.1) is 22.9 Å². The molecule has 0 radical (unpaired) electrons. The van der Waals surface area contributed by atoms with Crippen LogP contribution in [0.5, 0.6) is 0 Å². The van der Waals surface area contributed by atoms with Crippen molar-refractivity contribution in [1.29, 1.82) is 0 Å². The van der Waals surface area contributed by atoms with Crippen LogP contribution in [0.25, 0.3) is 0 Å². The van der Waals surface area contributed by atoms with Crippen LogP contribution in [-0.2, 0) is 14.9 Å². The van der Waals surface area contributed by atoms with E-state index in [2.05, 4.69) is 6.92 Å². The van der Waals surface area contributed by atoms with E-state index in [9.17, 15) is 18.0 Å². The highest BCUT2D eigenvalue weighted by Gasteiger charge is 2.45. The quantitative estimate of drug-likeness (QED) is 0.155. The van der Waals surface area contributed by atoms with Gasteiger partial charge in [0.1, 0.15) is 0 Å². The first-order valence-electron chi connectivity index (χ1n) is 14.2. The Morgan fingerprint density at radius 2 is 1.29 bits per heavy atom. The summed E-state index contributed by atoms with van der Waals surface area (Å²) in [4.78, 5) is 13.6. The molecule has 0 saturated heterocycles. The second-order valence-electron chi connectivity index (χ2n) is 11.3. The molecule has 3 rings (SSSR count). The van der Waals surface area contributed by atoms with Crippen LogP contribution in [0.4, 0.5) is 13.2 Å². The lowest BCUT2D eigenvalue weighted by Gasteiger charge is -2.40. The average Bonchev–Trinajstić information content (AvgIpc) is 2.88. The number of carbonyl (C=O) groups excluding carboxylic acids is 1. The molecule has 0 aliphatic heterocycles. The van der Waals surface area contributed by atoms with Gasteiger partial charge in [0.2, 0.25) is 0 Å². The van der Waals surface area contributed by atoms with E-state index in [-0.39, 0.29) is 16.9 Å². The van der Waals surface area contributed by atoms with Gasteiger partial charge in [0.05, 0.1) is 12.0 Å². The molecule has 198 valence electrons. The molecule has 0 spiro atoms. The summed E-state index contributed by atoms with van der Waals surface area (Å²) < 4.78 is 47.8. The fraction of sp³-hybridized carbons (Fsp3) is 0.767. The average molecular weight is 495 g/mol. The Morgan fingerprint density at radius 1 is 0.771 bits per heavy atom. The minimum Gasteiger partial charge on any atom is -0.464 e. The number of ether oxygens (including phenoxy) is 1. The first kappa shape index (κ1) is 28.1. The third kappa shape index (κ3) is 7.49. The first-order valence-corrected chi connectivity index (χ1v) is 14.2. The Labute approximate surface area is 210 Å². The molecule has 2 fully saturated rings. The summed E-state index contributed by atoms with van der Waals surface area (Å²) in [6, 6.07) is 2.00. The smallest absolute Gasteiger partial charge is 0.316 e. The number of benzene rings is 1. The Kier molecular flexibility index (Phi) is 11.0. The lowest BCUT2D eigenvalue weighted by Crippen LogP contribution is -2.42. The molecule has 0 aromatic heterocycles. The second kappa shape index (κ2) is 13.7. The largest absolute Gasteiger partial charge is 0.464 e. The van der Waals surface area contributed by atoms with E-state index in [0.29, 0.717) is 19.4 Å². The topological polar surface area (TPSA) is 26.3 Å². The Morgan fingerprint density at radius 3 is 1.86 bits per heavy atom. The standard InChI is InChI=1S/C30H45F3O2/c1-2-3-4-5-6-7-8-11-16-29(17-12-9-13-18-29)23-35-28(34)30(19-14-10-15-20-30)24-21-25(31)27(33)26(32)22-24/h21-22H,2-20,23H2,1H3. The highest BCUT2D eigenvalue weighted by atomic mass is 19.2. The van der Waals surface area contributed by atoms with Gasteiger partial charge in [-0.1, -0.05) is 96.8 Å². The number of carbonyl (C=O) groups is 1. The Hall–Kier alpha value is -1.52. The Bertz CT molecular complexity index is 772. The predicted molar refractivity (Wildman–Crippen MR) is 135 cm³/mol. The van der Waals surface area contributed by atoms with Crippen molar-refractivity contribution in [2.24, 2.45) is 5.41 Å². The molecule has 1 aromatic carbocycles.